The van der Waals surface area contributed by atoms with Gasteiger partial charge < -0.3 is 20.5 Å². The van der Waals surface area contributed by atoms with Crippen molar-refractivity contribution >= 4 is 16.9 Å². The van der Waals surface area contributed by atoms with Crippen molar-refractivity contribution < 1.29 is 4.42 Å². The van der Waals surface area contributed by atoms with Crippen molar-refractivity contribution in [2.45, 2.75) is 37.6 Å². The highest BCUT2D eigenvalue weighted by Crippen LogP contribution is 2.35. The fraction of sp³-hybridized carbons (Fsp3) is 0.400. The zero-order valence-corrected chi connectivity index (χ0v) is 14.7. The van der Waals surface area contributed by atoms with E-state index in [-0.39, 0.29) is 0 Å². The number of fused-ring (bicyclic) bond motifs is 1. The molecule has 1 saturated carbocycles. The highest BCUT2D eigenvalue weighted by molar-refractivity contribution is 6.02. The molecule has 3 heterocycles. The predicted octanol–water partition coefficient (Wildman–Crippen LogP) is 3.16. The first-order valence-corrected chi connectivity index (χ1v) is 9.40. The molecule has 3 aromatic rings. The molecule has 0 radical (unpaired) electrons. The Morgan fingerprint density at radius 2 is 1.96 bits per heavy atom. The summed E-state index contributed by atoms with van der Waals surface area (Å²) in [4.78, 5) is 12.6. The van der Waals surface area contributed by atoms with Gasteiger partial charge in [-0.1, -0.05) is 0 Å². The molecule has 6 heteroatoms. The summed E-state index contributed by atoms with van der Waals surface area (Å²) in [5, 5.41) is 3.31. The number of benzene rings is 1. The zero-order valence-electron chi connectivity index (χ0n) is 14.7. The van der Waals surface area contributed by atoms with Gasteiger partial charge in [-0.2, -0.15) is 0 Å². The molecule has 1 aromatic carbocycles. The lowest BCUT2D eigenvalue weighted by molar-refractivity contribution is 0.350. The van der Waals surface area contributed by atoms with E-state index in [1.54, 1.807) is 0 Å². The van der Waals surface area contributed by atoms with Gasteiger partial charge in [-0.3, -0.25) is 4.99 Å². The summed E-state index contributed by atoms with van der Waals surface area (Å²) in [6.07, 6.45) is 4.36. The molecule has 1 fully saturated rings. The van der Waals surface area contributed by atoms with E-state index in [4.69, 9.17) is 15.1 Å². The van der Waals surface area contributed by atoms with Gasteiger partial charge in [0.15, 0.2) is 11.6 Å². The van der Waals surface area contributed by atoms with Gasteiger partial charge in [0.1, 0.15) is 11.6 Å². The van der Waals surface area contributed by atoms with E-state index in [1.807, 2.05) is 12.1 Å². The number of nitrogens with zero attached hydrogens (tertiary/aromatic N) is 2. The quantitative estimate of drug-likeness (QED) is 0.677. The van der Waals surface area contributed by atoms with Crippen LogP contribution in [0.2, 0.25) is 0 Å². The second kappa shape index (κ2) is 6.29. The minimum Gasteiger partial charge on any atom is -0.458 e. The van der Waals surface area contributed by atoms with Gasteiger partial charge in [-0.05, 0) is 56.0 Å². The number of aromatic nitrogens is 2. The highest BCUT2D eigenvalue weighted by Gasteiger charge is 2.23. The maximum Gasteiger partial charge on any atom is 0.174 e. The largest absolute Gasteiger partial charge is 0.458 e. The van der Waals surface area contributed by atoms with Gasteiger partial charge >= 0.3 is 0 Å². The molecular formula is C20H23N5O. The molecule has 0 atom stereocenters. The van der Waals surface area contributed by atoms with Gasteiger partial charge in [-0.25, -0.2) is 4.98 Å². The van der Waals surface area contributed by atoms with E-state index in [0.717, 1.165) is 78.6 Å². The van der Waals surface area contributed by atoms with E-state index in [2.05, 4.69) is 33.5 Å². The molecule has 26 heavy (non-hydrogen) atoms. The summed E-state index contributed by atoms with van der Waals surface area (Å²) in [6.45, 7) is 1.74. The van der Waals surface area contributed by atoms with Crippen molar-refractivity contribution in [3.63, 3.8) is 0 Å². The number of aliphatic imine (C=N–C) groups is 1. The molecule has 5 rings (SSSR count). The number of aromatic amines is 1. The average Bonchev–Trinajstić information content (AvgIpc) is 3.40. The molecule has 1 aliphatic carbocycles. The third-order valence-electron chi connectivity index (χ3n) is 5.46. The molecule has 0 amide bonds. The molecule has 1 aliphatic heterocycles. The van der Waals surface area contributed by atoms with Gasteiger partial charge in [0.05, 0.1) is 17.6 Å². The monoisotopic (exact) mass is 349 g/mol. The number of furan rings is 1. The molecular weight excluding hydrogens is 326 g/mol. The van der Waals surface area contributed by atoms with Crippen LogP contribution in [0.1, 0.15) is 42.9 Å². The van der Waals surface area contributed by atoms with E-state index in [1.165, 1.54) is 0 Å². The number of amidine groups is 1. The van der Waals surface area contributed by atoms with Crippen LogP contribution in [0.15, 0.2) is 39.7 Å². The Morgan fingerprint density at radius 1 is 1.08 bits per heavy atom. The van der Waals surface area contributed by atoms with Crippen molar-refractivity contribution in [1.82, 2.24) is 15.3 Å². The third kappa shape index (κ3) is 2.80. The second-order valence-electron chi connectivity index (χ2n) is 7.29. The summed E-state index contributed by atoms with van der Waals surface area (Å²) in [5.74, 6) is 4.06. The number of H-pyrrole nitrogens is 1. The first-order valence-electron chi connectivity index (χ1n) is 9.40. The lowest BCUT2D eigenvalue weighted by Gasteiger charge is -2.24. The number of nitrogens with two attached hydrogens (primary N) is 1. The molecule has 0 saturated heterocycles. The summed E-state index contributed by atoms with van der Waals surface area (Å²) >= 11 is 0. The summed E-state index contributed by atoms with van der Waals surface area (Å²) in [5.41, 5.74) is 9.03. The maximum atomic E-state index is 6.13. The number of imidazole rings is 1. The third-order valence-corrected chi connectivity index (χ3v) is 5.46. The molecule has 0 bridgehead atoms. The Labute approximate surface area is 151 Å². The number of rotatable bonds is 3. The maximum absolute atomic E-state index is 6.13. The van der Waals surface area contributed by atoms with Crippen LogP contribution in [0, 0.1) is 0 Å². The molecule has 4 N–H and O–H groups in total. The Kier molecular flexibility index (Phi) is 3.78. The van der Waals surface area contributed by atoms with Crippen LogP contribution in [0.3, 0.4) is 0 Å². The lowest BCUT2D eigenvalue weighted by atomic mass is 9.85. The van der Waals surface area contributed by atoms with Gasteiger partial charge in [-0.15, -0.1) is 0 Å². The van der Waals surface area contributed by atoms with E-state index < -0.39 is 0 Å². The lowest BCUT2D eigenvalue weighted by Crippen LogP contribution is -2.25. The predicted molar refractivity (Wildman–Crippen MR) is 102 cm³/mol. The molecule has 0 spiro atoms. The normalized spacial score (nSPS) is 23.2. The van der Waals surface area contributed by atoms with Gasteiger partial charge in [0.2, 0.25) is 0 Å². The van der Waals surface area contributed by atoms with Crippen LogP contribution in [0.5, 0.6) is 0 Å². The van der Waals surface area contributed by atoms with E-state index in [9.17, 15) is 0 Å². The van der Waals surface area contributed by atoms with Crippen LogP contribution in [0.4, 0.5) is 0 Å². The van der Waals surface area contributed by atoms with Crippen LogP contribution in [-0.4, -0.2) is 34.9 Å². The molecule has 2 aromatic heterocycles. The van der Waals surface area contributed by atoms with Crippen LogP contribution in [0.25, 0.3) is 22.6 Å². The molecule has 0 unspecified atom stereocenters. The van der Waals surface area contributed by atoms with Crippen molar-refractivity contribution in [3.8, 4) is 11.6 Å². The first-order chi connectivity index (χ1) is 12.8. The van der Waals surface area contributed by atoms with Crippen molar-refractivity contribution in [3.05, 3.63) is 41.7 Å². The van der Waals surface area contributed by atoms with Gasteiger partial charge in [0, 0.05) is 24.1 Å². The highest BCUT2D eigenvalue weighted by atomic mass is 16.3. The summed E-state index contributed by atoms with van der Waals surface area (Å²) < 4.78 is 6.13. The number of nitrogens with one attached hydrogen (secondary N) is 2. The SMILES string of the molecule is NC1CCC(c2ccc(-c3nc4ccc(C5=NCCN5)cc4[nH]3)o2)CC1. The van der Waals surface area contributed by atoms with E-state index >= 15 is 0 Å². The fourth-order valence-electron chi connectivity index (χ4n) is 3.97. The topological polar surface area (TPSA) is 92.2 Å². The van der Waals surface area contributed by atoms with Gasteiger partial charge in [0.25, 0.3) is 0 Å². The van der Waals surface area contributed by atoms with Crippen LogP contribution < -0.4 is 11.1 Å². The zero-order chi connectivity index (χ0) is 17.5. The molecule has 134 valence electrons. The van der Waals surface area contributed by atoms with Crippen LogP contribution >= 0.6 is 0 Å². The van der Waals surface area contributed by atoms with Crippen LogP contribution in [-0.2, 0) is 0 Å². The summed E-state index contributed by atoms with van der Waals surface area (Å²) in [7, 11) is 0. The van der Waals surface area contributed by atoms with E-state index in [0.29, 0.717) is 12.0 Å². The molecule has 6 nitrogen and oxygen atoms in total. The Hall–Kier alpha value is -2.60. The smallest absolute Gasteiger partial charge is 0.174 e. The Morgan fingerprint density at radius 3 is 2.77 bits per heavy atom. The minimum atomic E-state index is 0.351. The first kappa shape index (κ1) is 15.6. The number of hydrogen-bond donors (Lipinski definition) is 3. The molecule has 2 aliphatic rings. The minimum absolute atomic E-state index is 0.351. The Balaban J connectivity index is 1.42. The summed E-state index contributed by atoms with van der Waals surface area (Å²) in [6, 6.07) is 10.6. The number of hydrogen-bond acceptors (Lipinski definition) is 5. The second-order valence-corrected chi connectivity index (χ2v) is 7.29. The van der Waals surface area contributed by atoms with Crippen molar-refractivity contribution in [1.29, 1.82) is 0 Å². The fourth-order valence-corrected chi connectivity index (χ4v) is 3.97. The van der Waals surface area contributed by atoms with Crippen molar-refractivity contribution in [2.24, 2.45) is 10.7 Å². The standard InChI is InChI=1S/C20H23N5O/c21-14-4-1-12(2-5-14)17-7-8-18(26-17)20-24-15-6-3-13(11-16(15)25-20)19-22-9-10-23-19/h3,6-8,11-12,14H,1-2,4-5,9-10,21H2,(H,22,23)(H,24,25). The average molecular weight is 349 g/mol. The Bertz CT molecular complexity index is 962. The van der Waals surface area contributed by atoms with Crippen molar-refractivity contribution in [2.75, 3.05) is 13.1 Å².